The zero-order valence-electron chi connectivity index (χ0n) is 6.16. The van der Waals surface area contributed by atoms with Crippen LogP contribution < -0.4 is 11.5 Å². The Kier molecular flexibility index (Phi) is 2.40. The molecule has 0 aromatic heterocycles. The maximum atomic E-state index is 8.34. The molecule has 0 unspecified atom stereocenters. The molecule has 0 aliphatic rings. The summed E-state index contributed by atoms with van der Waals surface area (Å²) in [4.78, 5) is 0. The lowest BCUT2D eigenvalue weighted by Crippen LogP contribution is -2.12. The number of nitrogens with zero attached hydrogens (tertiary/aromatic N) is 1. The number of benzene rings is 1. The van der Waals surface area contributed by atoms with E-state index < -0.39 is 0 Å². The third-order valence-electron chi connectivity index (χ3n) is 1.40. The topological polar surface area (TPSA) is 84.6 Å². The highest BCUT2D eigenvalue weighted by atomic mass is 35.5. The minimum absolute atomic E-state index is 0.0110. The van der Waals surface area contributed by atoms with Gasteiger partial charge in [0.15, 0.2) is 5.84 Å². The number of nitrogens with two attached hydrogens (primary N) is 2. The lowest BCUT2D eigenvalue weighted by atomic mass is 10.2. The molecular weight excluding hydrogens is 178 g/mol. The number of anilines is 1. The van der Waals surface area contributed by atoms with E-state index >= 15 is 0 Å². The SMILES string of the molecule is N/C(=N/O)c1ccc(N)c(Cl)c1. The molecule has 0 radical (unpaired) electrons. The van der Waals surface area contributed by atoms with E-state index in [1.807, 2.05) is 0 Å². The summed E-state index contributed by atoms with van der Waals surface area (Å²) in [7, 11) is 0. The van der Waals surface area contributed by atoms with Crippen molar-refractivity contribution >= 4 is 23.1 Å². The van der Waals surface area contributed by atoms with E-state index in [1.54, 1.807) is 12.1 Å². The first kappa shape index (κ1) is 8.67. The summed E-state index contributed by atoms with van der Waals surface area (Å²) in [6, 6.07) is 4.75. The fraction of sp³-hybridized carbons (Fsp3) is 0. The minimum Gasteiger partial charge on any atom is -0.409 e. The van der Waals surface area contributed by atoms with Crippen LogP contribution in [0.3, 0.4) is 0 Å². The number of rotatable bonds is 1. The number of oxime groups is 1. The van der Waals surface area contributed by atoms with Crippen LogP contribution in [0.4, 0.5) is 5.69 Å². The minimum atomic E-state index is 0.0110. The molecule has 0 spiro atoms. The van der Waals surface area contributed by atoms with Crippen LogP contribution in [0.15, 0.2) is 23.4 Å². The second-order valence-electron chi connectivity index (χ2n) is 2.22. The van der Waals surface area contributed by atoms with Crippen molar-refractivity contribution in [2.24, 2.45) is 10.9 Å². The van der Waals surface area contributed by atoms with Gasteiger partial charge in [0.05, 0.1) is 10.7 Å². The predicted molar refractivity (Wildman–Crippen MR) is 48.4 cm³/mol. The molecular formula is C7H8ClN3O. The molecule has 0 aliphatic heterocycles. The molecule has 1 rings (SSSR count). The van der Waals surface area contributed by atoms with Gasteiger partial charge in [-0.15, -0.1) is 0 Å². The molecule has 5 N–H and O–H groups in total. The summed E-state index contributed by atoms with van der Waals surface area (Å²) in [6.45, 7) is 0. The Morgan fingerprint density at radius 3 is 2.67 bits per heavy atom. The third kappa shape index (κ3) is 1.60. The van der Waals surface area contributed by atoms with Gasteiger partial charge in [-0.1, -0.05) is 16.8 Å². The van der Waals surface area contributed by atoms with Crippen molar-refractivity contribution in [3.8, 4) is 0 Å². The number of halogens is 1. The monoisotopic (exact) mass is 185 g/mol. The van der Waals surface area contributed by atoms with E-state index in [1.165, 1.54) is 6.07 Å². The number of amidine groups is 1. The second kappa shape index (κ2) is 3.32. The van der Waals surface area contributed by atoms with Gasteiger partial charge in [-0.2, -0.15) is 0 Å². The third-order valence-corrected chi connectivity index (χ3v) is 1.73. The summed E-state index contributed by atoms with van der Waals surface area (Å²) >= 11 is 5.70. The Hall–Kier alpha value is -1.42. The van der Waals surface area contributed by atoms with Crippen LogP contribution in [0.1, 0.15) is 5.56 Å². The average Bonchev–Trinajstić information content (AvgIpc) is 2.08. The average molecular weight is 186 g/mol. The van der Waals surface area contributed by atoms with Crippen molar-refractivity contribution in [2.75, 3.05) is 5.73 Å². The Morgan fingerprint density at radius 1 is 1.50 bits per heavy atom. The van der Waals surface area contributed by atoms with Crippen LogP contribution in [0.5, 0.6) is 0 Å². The van der Waals surface area contributed by atoms with Crippen molar-refractivity contribution in [3.05, 3.63) is 28.8 Å². The van der Waals surface area contributed by atoms with Gasteiger partial charge >= 0.3 is 0 Å². The Balaban J connectivity index is 3.13. The van der Waals surface area contributed by atoms with E-state index in [9.17, 15) is 0 Å². The van der Waals surface area contributed by atoms with Crippen molar-refractivity contribution < 1.29 is 5.21 Å². The standard InChI is InChI=1S/C7H8ClN3O/c8-5-3-4(7(10)11-12)1-2-6(5)9/h1-3,12H,9H2,(H2,10,11). The normalized spacial score (nSPS) is 11.6. The van der Waals surface area contributed by atoms with Gasteiger partial charge in [0, 0.05) is 5.56 Å². The molecule has 0 amide bonds. The smallest absolute Gasteiger partial charge is 0.170 e. The summed E-state index contributed by atoms with van der Waals surface area (Å²) < 4.78 is 0. The molecule has 0 aliphatic carbocycles. The van der Waals surface area contributed by atoms with Crippen LogP contribution >= 0.6 is 11.6 Å². The summed E-state index contributed by atoms with van der Waals surface area (Å²) in [6.07, 6.45) is 0. The zero-order chi connectivity index (χ0) is 9.14. The van der Waals surface area contributed by atoms with E-state index in [4.69, 9.17) is 28.3 Å². The quantitative estimate of drug-likeness (QED) is 0.201. The first-order valence-corrected chi connectivity index (χ1v) is 3.56. The van der Waals surface area contributed by atoms with Crippen molar-refractivity contribution in [1.82, 2.24) is 0 Å². The maximum Gasteiger partial charge on any atom is 0.170 e. The molecule has 5 heteroatoms. The van der Waals surface area contributed by atoms with Crippen molar-refractivity contribution in [2.45, 2.75) is 0 Å². The molecule has 0 saturated heterocycles. The highest BCUT2D eigenvalue weighted by molar-refractivity contribution is 6.33. The van der Waals surface area contributed by atoms with Crippen molar-refractivity contribution in [1.29, 1.82) is 0 Å². The first-order chi connectivity index (χ1) is 5.65. The molecule has 4 nitrogen and oxygen atoms in total. The van der Waals surface area contributed by atoms with E-state index in [2.05, 4.69) is 5.16 Å². The van der Waals surface area contributed by atoms with Gasteiger partial charge in [0.2, 0.25) is 0 Å². The van der Waals surface area contributed by atoms with E-state index in [0.717, 1.165) is 0 Å². The van der Waals surface area contributed by atoms with E-state index in [0.29, 0.717) is 16.3 Å². The lowest BCUT2D eigenvalue weighted by Gasteiger charge is -2.00. The van der Waals surface area contributed by atoms with Gasteiger partial charge in [0.25, 0.3) is 0 Å². The maximum absolute atomic E-state index is 8.34. The highest BCUT2D eigenvalue weighted by Crippen LogP contribution is 2.19. The van der Waals surface area contributed by atoms with Gasteiger partial charge < -0.3 is 16.7 Å². The fourth-order valence-electron chi connectivity index (χ4n) is 0.744. The van der Waals surface area contributed by atoms with Gasteiger partial charge in [-0.05, 0) is 18.2 Å². The largest absolute Gasteiger partial charge is 0.409 e. The molecule has 12 heavy (non-hydrogen) atoms. The molecule has 0 fully saturated rings. The molecule has 1 aromatic rings. The zero-order valence-corrected chi connectivity index (χ0v) is 6.92. The molecule has 0 saturated carbocycles. The molecule has 0 atom stereocenters. The molecule has 1 aromatic carbocycles. The fourth-order valence-corrected chi connectivity index (χ4v) is 0.925. The summed E-state index contributed by atoms with van der Waals surface area (Å²) in [5, 5.41) is 11.5. The van der Waals surface area contributed by atoms with Crippen LogP contribution in [-0.4, -0.2) is 11.0 Å². The van der Waals surface area contributed by atoms with Crippen LogP contribution in [0.2, 0.25) is 5.02 Å². The van der Waals surface area contributed by atoms with Crippen LogP contribution in [-0.2, 0) is 0 Å². The van der Waals surface area contributed by atoms with Crippen LogP contribution in [0, 0.1) is 0 Å². The number of hydrogen-bond acceptors (Lipinski definition) is 3. The number of nitrogen functional groups attached to an aromatic ring is 1. The summed E-state index contributed by atoms with van der Waals surface area (Å²) in [5.74, 6) is 0.0110. The van der Waals surface area contributed by atoms with Crippen LogP contribution in [0.25, 0.3) is 0 Å². The van der Waals surface area contributed by atoms with Gasteiger partial charge in [-0.3, -0.25) is 0 Å². The molecule has 64 valence electrons. The first-order valence-electron chi connectivity index (χ1n) is 3.18. The second-order valence-corrected chi connectivity index (χ2v) is 2.63. The van der Waals surface area contributed by atoms with Gasteiger partial charge in [0.1, 0.15) is 0 Å². The number of hydrogen-bond donors (Lipinski definition) is 3. The Bertz CT molecular complexity index is 324. The van der Waals surface area contributed by atoms with Gasteiger partial charge in [-0.25, -0.2) is 0 Å². The highest BCUT2D eigenvalue weighted by Gasteiger charge is 2.01. The van der Waals surface area contributed by atoms with E-state index in [-0.39, 0.29) is 5.84 Å². The summed E-state index contributed by atoms with van der Waals surface area (Å²) in [5.41, 5.74) is 11.8. The lowest BCUT2D eigenvalue weighted by molar-refractivity contribution is 0.318. The molecule has 0 heterocycles. The van der Waals surface area contributed by atoms with Crippen molar-refractivity contribution in [3.63, 3.8) is 0 Å². The molecule has 0 bridgehead atoms. The Labute approximate surface area is 74.4 Å². The Morgan fingerprint density at radius 2 is 2.17 bits per heavy atom. The predicted octanol–water partition coefficient (Wildman–Crippen LogP) is 1.02.